The van der Waals surface area contributed by atoms with Crippen molar-refractivity contribution < 1.29 is 17.6 Å². The molecule has 6 heteroatoms. The van der Waals surface area contributed by atoms with Crippen LogP contribution in [0.25, 0.3) is 0 Å². The molecule has 0 unspecified atom stereocenters. The first-order valence-electron chi connectivity index (χ1n) is 3.37. The molecule has 0 aliphatic rings. The minimum absolute atomic E-state index is 0.340. The maximum Gasteiger partial charge on any atom is 0.433 e. The van der Waals surface area contributed by atoms with Crippen molar-refractivity contribution in [1.82, 2.24) is 4.98 Å². The Kier molecular flexibility index (Phi) is 2.51. The maximum absolute atomic E-state index is 12.4. The molecule has 0 aliphatic carbocycles. The molecule has 13 heavy (non-hydrogen) atoms. The van der Waals surface area contributed by atoms with Crippen LogP contribution in [-0.4, -0.2) is 4.98 Å². The molecule has 0 spiro atoms. The Bertz CT molecular complexity index is 308. The van der Waals surface area contributed by atoms with E-state index >= 15 is 0 Å². The Labute approximate surface area is 71.4 Å². The standard InChI is InChI=1S/C7H6F4N2/c8-5-1-4(2-12)6(13-3-5)7(9,10)11/h1,3H,2,12H2. The first-order valence-corrected chi connectivity index (χ1v) is 3.37. The molecule has 2 N–H and O–H groups in total. The summed E-state index contributed by atoms with van der Waals surface area (Å²) in [6.07, 6.45) is -4.07. The van der Waals surface area contributed by atoms with Gasteiger partial charge in [-0.15, -0.1) is 0 Å². The van der Waals surface area contributed by atoms with Crippen molar-refractivity contribution in [2.24, 2.45) is 5.73 Å². The lowest BCUT2D eigenvalue weighted by Crippen LogP contribution is -2.14. The van der Waals surface area contributed by atoms with Crippen molar-refractivity contribution in [3.8, 4) is 0 Å². The number of hydrogen-bond donors (Lipinski definition) is 1. The molecule has 0 radical (unpaired) electrons. The summed E-state index contributed by atoms with van der Waals surface area (Å²) in [5, 5.41) is 0. The molecule has 0 amide bonds. The summed E-state index contributed by atoms with van der Waals surface area (Å²) in [7, 11) is 0. The predicted molar refractivity (Wildman–Crippen MR) is 37.1 cm³/mol. The Balaban J connectivity index is 3.22. The van der Waals surface area contributed by atoms with E-state index in [0.29, 0.717) is 6.20 Å². The van der Waals surface area contributed by atoms with Crippen LogP contribution >= 0.6 is 0 Å². The second kappa shape index (κ2) is 3.29. The number of nitrogens with two attached hydrogens (primary N) is 1. The molecule has 0 aromatic carbocycles. The lowest BCUT2D eigenvalue weighted by atomic mass is 10.2. The largest absolute Gasteiger partial charge is 0.433 e. The van der Waals surface area contributed by atoms with E-state index in [1.165, 1.54) is 0 Å². The van der Waals surface area contributed by atoms with Crippen LogP contribution in [0.4, 0.5) is 17.6 Å². The van der Waals surface area contributed by atoms with Gasteiger partial charge in [-0.2, -0.15) is 13.2 Å². The van der Waals surface area contributed by atoms with E-state index in [1.807, 2.05) is 0 Å². The molecule has 1 aromatic rings. The average Bonchev–Trinajstić information content (AvgIpc) is 2.01. The molecule has 72 valence electrons. The molecule has 0 aliphatic heterocycles. The lowest BCUT2D eigenvalue weighted by molar-refractivity contribution is -0.141. The van der Waals surface area contributed by atoms with Crippen molar-refractivity contribution in [3.05, 3.63) is 29.3 Å². The number of pyridine rings is 1. The topological polar surface area (TPSA) is 38.9 Å². The zero-order chi connectivity index (χ0) is 10.1. The van der Waals surface area contributed by atoms with E-state index in [4.69, 9.17) is 5.73 Å². The van der Waals surface area contributed by atoms with E-state index in [0.717, 1.165) is 6.07 Å². The quantitative estimate of drug-likeness (QED) is 0.691. The highest BCUT2D eigenvalue weighted by molar-refractivity contribution is 5.22. The summed E-state index contributed by atoms with van der Waals surface area (Å²) in [6.45, 7) is -0.389. The molecule has 0 atom stereocenters. The van der Waals surface area contributed by atoms with Gasteiger partial charge in [0.2, 0.25) is 0 Å². The first-order chi connectivity index (χ1) is 5.95. The van der Waals surface area contributed by atoms with Gasteiger partial charge in [0.1, 0.15) is 11.5 Å². The highest BCUT2D eigenvalue weighted by Crippen LogP contribution is 2.30. The van der Waals surface area contributed by atoms with Gasteiger partial charge in [-0.3, -0.25) is 0 Å². The summed E-state index contributed by atoms with van der Waals surface area (Å²) >= 11 is 0. The number of rotatable bonds is 1. The number of hydrogen-bond acceptors (Lipinski definition) is 2. The molecule has 1 rings (SSSR count). The summed E-state index contributed by atoms with van der Waals surface area (Å²) in [6, 6.07) is 0.732. The fourth-order valence-corrected chi connectivity index (χ4v) is 0.892. The molecular weight excluding hydrogens is 188 g/mol. The van der Waals surface area contributed by atoms with Gasteiger partial charge in [0.05, 0.1) is 6.20 Å². The number of nitrogens with zero attached hydrogens (tertiary/aromatic N) is 1. The zero-order valence-corrected chi connectivity index (χ0v) is 6.40. The van der Waals surface area contributed by atoms with Crippen molar-refractivity contribution in [2.75, 3.05) is 0 Å². The first kappa shape index (κ1) is 9.91. The van der Waals surface area contributed by atoms with Gasteiger partial charge in [-0.1, -0.05) is 0 Å². The van der Waals surface area contributed by atoms with Gasteiger partial charge < -0.3 is 5.73 Å². The normalized spacial score (nSPS) is 11.8. The number of alkyl halides is 3. The van der Waals surface area contributed by atoms with Gasteiger partial charge in [0.25, 0.3) is 0 Å². The molecule has 0 saturated heterocycles. The van der Waals surface area contributed by atoms with Crippen molar-refractivity contribution in [3.63, 3.8) is 0 Å². The molecule has 0 bridgehead atoms. The van der Waals surface area contributed by atoms with Crippen molar-refractivity contribution in [1.29, 1.82) is 0 Å². The highest BCUT2D eigenvalue weighted by Gasteiger charge is 2.34. The van der Waals surface area contributed by atoms with Crippen molar-refractivity contribution in [2.45, 2.75) is 12.7 Å². The molecular formula is C7H6F4N2. The van der Waals surface area contributed by atoms with Gasteiger partial charge in [0, 0.05) is 6.54 Å². The van der Waals surface area contributed by atoms with E-state index < -0.39 is 17.7 Å². The summed E-state index contributed by atoms with van der Waals surface area (Å²) < 4.78 is 48.8. The highest BCUT2D eigenvalue weighted by atomic mass is 19.4. The Morgan fingerprint density at radius 2 is 2.00 bits per heavy atom. The van der Waals surface area contributed by atoms with Crippen LogP contribution in [0.1, 0.15) is 11.3 Å². The number of aromatic nitrogens is 1. The molecule has 1 aromatic heterocycles. The monoisotopic (exact) mass is 194 g/mol. The Hall–Kier alpha value is -1.17. The zero-order valence-electron chi connectivity index (χ0n) is 6.40. The van der Waals surface area contributed by atoms with Crippen LogP contribution in [0.15, 0.2) is 12.3 Å². The summed E-state index contributed by atoms with van der Waals surface area (Å²) in [5.41, 5.74) is 3.54. The van der Waals surface area contributed by atoms with Gasteiger partial charge in [-0.05, 0) is 11.6 Å². The lowest BCUT2D eigenvalue weighted by Gasteiger charge is -2.09. The Morgan fingerprint density at radius 1 is 1.38 bits per heavy atom. The fourth-order valence-electron chi connectivity index (χ4n) is 0.892. The smallest absolute Gasteiger partial charge is 0.326 e. The molecule has 1 heterocycles. The van der Waals surface area contributed by atoms with Crippen LogP contribution in [0, 0.1) is 5.82 Å². The SMILES string of the molecule is NCc1cc(F)cnc1C(F)(F)F. The third kappa shape index (κ3) is 2.15. The van der Waals surface area contributed by atoms with Crippen LogP contribution in [-0.2, 0) is 12.7 Å². The second-order valence-electron chi connectivity index (χ2n) is 2.36. The second-order valence-corrected chi connectivity index (χ2v) is 2.36. The van der Waals surface area contributed by atoms with Gasteiger partial charge in [0.15, 0.2) is 0 Å². The van der Waals surface area contributed by atoms with Crippen LogP contribution in [0.3, 0.4) is 0 Å². The third-order valence-electron chi connectivity index (χ3n) is 1.42. The minimum Gasteiger partial charge on any atom is -0.326 e. The minimum atomic E-state index is -4.58. The van der Waals surface area contributed by atoms with E-state index in [9.17, 15) is 17.6 Å². The maximum atomic E-state index is 12.4. The Morgan fingerprint density at radius 3 is 2.46 bits per heavy atom. The van der Waals surface area contributed by atoms with E-state index in [2.05, 4.69) is 4.98 Å². The molecule has 0 fully saturated rings. The van der Waals surface area contributed by atoms with E-state index in [-0.39, 0.29) is 12.1 Å². The average molecular weight is 194 g/mol. The van der Waals surface area contributed by atoms with Crippen LogP contribution < -0.4 is 5.73 Å². The molecule has 2 nitrogen and oxygen atoms in total. The summed E-state index contributed by atoms with van der Waals surface area (Å²) in [5.74, 6) is -0.826. The molecule has 0 saturated carbocycles. The van der Waals surface area contributed by atoms with Gasteiger partial charge >= 0.3 is 6.18 Å². The third-order valence-corrected chi connectivity index (χ3v) is 1.42. The number of halogens is 4. The predicted octanol–water partition coefficient (Wildman–Crippen LogP) is 1.70. The van der Waals surface area contributed by atoms with Gasteiger partial charge in [-0.25, -0.2) is 9.37 Å². The fraction of sp³-hybridized carbons (Fsp3) is 0.286. The van der Waals surface area contributed by atoms with Crippen LogP contribution in [0.2, 0.25) is 0 Å². The summed E-state index contributed by atoms with van der Waals surface area (Å²) in [4.78, 5) is 2.94. The van der Waals surface area contributed by atoms with Crippen molar-refractivity contribution >= 4 is 0 Å². The van der Waals surface area contributed by atoms with Crippen LogP contribution in [0.5, 0.6) is 0 Å². The van der Waals surface area contributed by atoms with E-state index in [1.54, 1.807) is 0 Å².